The number of nitrogens with zero attached hydrogens (tertiary/aromatic N) is 3. The van der Waals surface area contributed by atoms with Crippen LogP contribution in [0.1, 0.15) is 44.8 Å². The maximum Gasteiger partial charge on any atom is 0.262 e. The van der Waals surface area contributed by atoms with Crippen LogP contribution in [0, 0.1) is 0 Å². The summed E-state index contributed by atoms with van der Waals surface area (Å²) in [7, 11) is 1.61. The molecule has 8 nitrogen and oxygen atoms in total. The van der Waals surface area contributed by atoms with Gasteiger partial charge in [-0.3, -0.25) is 14.5 Å². The standard InChI is InChI=1S/C33H26N4O4/c1-41-17-12-10-16(11-13-17)15-35-32(39)26-24-18-6-2-4-8-20(18)36-22-14-23(31(38)28(22)34)37-21-9-5-3-7-19(21)25(27(26)33(35)40)30(37)29(24)36/h2-13,22-23,28,31,38H,14-15,34H2,1H3/t22-,23+,28-,31-/m1/s1. The van der Waals surface area contributed by atoms with E-state index in [1.54, 1.807) is 7.11 Å². The molecule has 2 bridgehead atoms. The number of hydrogen-bond donors (Lipinski definition) is 2. The number of para-hydroxylation sites is 2. The number of aliphatic hydroxyl groups is 1. The molecular weight excluding hydrogens is 516 g/mol. The highest BCUT2D eigenvalue weighted by Crippen LogP contribution is 2.54. The Morgan fingerprint density at radius 3 is 1.90 bits per heavy atom. The lowest BCUT2D eigenvalue weighted by Crippen LogP contribution is -2.39. The van der Waals surface area contributed by atoms with E-state index in [2.05, 4.69) is 15.2 Å². The van der Waals surface area contributed by atoms with Crippen molar-refractivity contribution in [2.45, 2.75) is 37.2 Å². The molecule has 0 saturated heterocycles. The molecule has 1 aliphatic carbocycles. The summed E-state index contributed by atoms with van der Waals surface area (Å²) in [6.45, 7) is 0.158. The van der Waals surface area contributed by atoms with E-state index < -0.39 is 12.1 Å². The van der Waals surface area contributed by atoms with E-state index in [9.17, 15) is 14.7 Å². The van der Waals surface area contributed by atoms with E-state index in [1.165, 1.54) is 4.90 Å². The number of ether oxygens (including phenoxy) is 1. The molecule has 2 aromatic heterocycles. The van der Waals surface area contributed by atoms with Gasteiger partial charge in [0.1, 0.15) is 5.75 Å². The smallest absolute Gasteiger partial charge is 0.262 e. The fourth-order valence-electron chi connectivity index (χ4n) is 7.85. The van der Waals surface area contributed by atoms with Gasteiger partial charge in [0, 0.05) is 32.6 Å². The van der Waals surface area contributed by atoms with Gasteiger partial charge < -0.3 is 24.7 Å². The molecule has 1 fully saturated rings. The molecular formula is C33H26N4O4. The number of rotatable bonds is 3. The summed E-state index contributed by atoms with van der Waals surface area (Å²) < 4.78 is 9.73. The first kappa shape index (κ1) is 23.1. The minimum Gasteiger partial charge on any atom is -0.497 e. The molecule has 0 radical (unpaired) electrons. The number of aromatic nitrogens is 2. The van der Waals surface area contributed by atoms with Crippen molar-refractivity contribution in [1.82, 2.24) is 14.0 Å². The Hall–Kier alpha value is -4.66. The maximum absolute atomic E-state index is 14.4. The predicted octanol–water partition coefficient (Wildman–Crippen LogP) is 4.89. The number of carbonyl (C=O) groups is 2. The summed E-state index contributed by atoms with van der Waals surface area (Å²) >= 11 is 0. The lowest BCUT2D eigenvalue weighted by molar-refractivity contribution is 0.0643. The van der Waals surface area contributed by atoms with Crippen LogP contribution in [-0.4, -0.2) is 50.2 Å². The fraction of sp³-hybridized carbons (Fsp3) is 0.212. The van der Waals surface area contributed by atoms with Gasteiger partial charge in [-0.25, -0.2) is 0 Å². The molecule has 1 saturated carbocycles. The quantitative estimate of drug-likeness (QED) is 0.310. The Morgan fingerprint density at radius 1 is 0.805 bits per heavy atom. The number of aliphatic hydroxyl groups excluding tert-OH is 1. The van der Waals surface area contributed by atoms with Gasteiger partial charge in [0.2, 0.25) is 0 Å². The Bertz CT molecular complexity index is 2010. The predicted molar refractivity (Wildman–Crippen MR) is 156 cm³/mol. The van der Waals surface area contributed by atoms with Crippen molar-refractivity contribution in [2.24, 2.45) is 5.73 Å². The van der Waals surface area contributed by atoms with Gasteiger partial charge >= 0.3 is 0 Å². The van der Waals surface area contributed by atoms with E-state index in [4.69, 9.17) is 10.5 Å². The SMILES string of the molecule is COc1ccc(CN2C(=O)c3c(c4c5ccccc5n5c4c4c3c3ccccc3n4[C@@H]3C[C@H]5[C@@H](O)[C@@H]3N)C2=O)cc1. The molecule has 0 spiro atoms. The third-order valence-electron chi connectivity index (χ3n) is 9.59. The van der Waals surface area contributed by atoms with Crippen molar-refractivity contribution in [2.75, 3.05) is 7.11 Å². The minimum atomic E-state index is -0.750. The molecule has 202 valence electrons. The Morgan fingerprint density at radius 2 is 1.34 bits per heavy atom. The van der Waals surface area contributed by atoms with Crippen LogP contribution in [0.4, 0.5) is 0 Å². The second kappa shape index (κ2) is 7.75. The molecule has 3 N–H and O–H groups in total. The number of nitrogens with two attached hydrogens (primary N) is 1. The summed E-state index contributed by atoms with van der Waals surface area (Å²) in [5.41, 5.74) is 12.2. The largest absolute Gasteiger partial charge is 0.497 e. The Kier molecular flexibility index (Phi) is 4.36. The van der Waals surface area contributed by atoms with Crippen molar-refractivity contribution in [3.8, 4) is 5.75 Å². The van der Waals surface area contributed by atoms with Crippen LogP contribution >= 0.6 is 0 Å². The first-order valence-corrected chi connectivity index (χ1v) is 13.9. The average Bonchev–Trinajstić information content (AvgIpc) is 3.64. The number of hydrogen-bond acceptors (Lipinski definition) is 5. The molecule has 2 amide bonds. The van der Waals surface area contributed by atoms with Crippen LogP contribution < -0.4 is 10.5 Å². The molecule has 2 aliphatic heterocycles. The number of benzene rings is 4. The molecule has 6 aromatic rings. The molecule has 0 unspecified atom stereocenters. The number of imide groups is 1. The van der Waals surface area contributed by atoms with Crippen LogP contribution in [0.25, 0.3) is 43.6 Å². The fourth-order valence-corrected chi connectivity index (χ4v) is 7.85. The van der Waals surface area contributed by atoms with Crippen LogP contribution in [0.2, 0.25) is 0 Å². The first-order valence-electron chi connectivity index (χ1n) is 13.9. The average molecular weight is 543 g/mol. The number of methoxy groups -OCH3 is 1. The second-order valence-corrected chi connectivity index (χ2v) is 11.5. The van der Waals surface area contributed by atoms with Crippen LogP contribution in [0.15, 0.2) is 72.8 Å². The normalized spacial score (nSPS) is 23.0. The molecule has 9 rings (SSSR count). The first-order chi connectivity index (χ1) is 20.0. The second-order valence-electron chi connectivity index (χ2n) is 11.5. The van der Waals surface area contributed by atoms with E-state index in [-0.39, 0.29) is 30.4 Å². The summed E-state index contributed by atoms with van der Waals surface area (Å²) in [5, 5.41) is 14.8. The zero-order valence-corrected chi connectivity index (χ0v) is 22.2. The highest BCUT2D eigenvalue weighted by atomic mass is 16.5. The number of fused-ring (bicyclic) bond motifs is 13. The van der Waals surface area contributed by atoms with Gasteiger partial charge in [0.05, 0.1) is 60.0 Å². The van der Waals surface area contributed by atoms with Gasteiger partial charge in [-0.2, -0.15) is 0 Å². The lowest BCUT2D eigenvalue weighted by Gasteiger charge is -2.25. The number of amides is 2. The maximum atomic E-state index is 14.4. The minimum absolute atomic E-state index is 0.153. The Balaban J connectivity index is 1.44. The van der Waals surface area contributed by atoms with Crippen molar-refractivity contribution in [3.63, 3.8) is 0 Å². The lowest BCUT2D eigenvalue weighted by atomic mass is 9.96. The van der Waals surface area contributed by atoms with Gasteiger partial charge in [-0.05, 0) is 36.2 Å². The third kappa shape index (κ3) is 2.67. The van der Waals surface area contributed by atoms with E-state index in [0.29, 0.717) is 23.3 Å². The highest BCUT2D eigenvalue weighted by molar-refractivity contribution is 6.39. The zero-order chi connectivity index (χ0) is 27.7. The molecule has 41 heavy (non-hydrogen) atoms. The summed E-state index contributed by atoms with van der Waals surface area (Å²) in [5.74, 6) is 0.125. The van der Waals surface area contributed by atoms with Crippen molar-refractivity contribution >= 4 is 55.4 Å². The van der Waals surface area contributed by atoms with Crippen molar-refractivity contribution in [1.29, 1.82) is 0 Å². The van der Waals surface area contributed by atoms with Gasteiger partial charge in [-0.15, -0.1) is 0 Å². The molecule has 8 heteroatoms. The van der Waals surface area contributed by atoms with Crippen molar-refractivity contribution in [3.05, 3.63) is 89.5 Å². The summed E-state index contributed by atoms with van der Waals surface area (Å²) in [6, 6.07) is 22.6. The summed E-state index contributed by atoms with van der Waals surface area (Å²) in [4.78, 5) is 30.1. The topological polar surface area (TPSA) is 103 Å². The van der Waals surface area contributed by atoms with Crippen LogP contribution in [0.5, 0.6) is 5.75 Å². The van der Waals surface area contributed by atoms with E-state index >= 15 is 0 Å². The van der Waals surface area contributed by atoms with Crippen LogP contribution in [0.3, 0.4) is 0 Å². The summed E-state index contributed by atoms with van der Waals surface area (Å²) in [6.07, 6.45) is -0.0881. The van der Waals surface area contributed by atoms with Crippen molar-refractivity contribution < 1.29 is 19.4 Å². The molecule has 3 aliphatic rings. The van der Waals surface area contributed by atoms with E-state index in [1.807, 2.05) is 66.7 Å². The van der Waals surface area contributed by atoms with Gasteiger partial charge in [0.25, 0.3) is 11.8 Å². The van der Waals surface area contributed by atoms with Gasteiger partial charge in [-0.1, -0.05) is 48.5 Å². The molecule has 4 heterocycles. The molecule has 4 atom stereocenters. The van der Waals surface area contributed by atoms with E-state index in [0.717, 1.165) is 49.2 Å². The zero-order valence-electron chi connectivity index (χ0n) is 22.2. The Labute approximate surface area is 234 Å². The highest BCUT2D eigenvalue weighted by Gasteiger charge is 2.49. The van der Waals surface area contributed by atoms with Crippen LogP contribution in [-0.2, 0) is 6.54 Å². The number of carbonyl (C=O) groups excluding carboxylic acids is 2. The monoisotopic (exact) mass is 542 g/mol. The van der Waals surface area contributed by atoms with Gasteiger partial charge in [0.15, 0.2) is 0 Å². The third-order valence-corrected chi connectivity index (χ3v) is 9.59. The molecule has 4 aromatic carbocycles.